The molecule has 0 bridgehead atoms. The van der Waals surface area contributed by atoms with E-state index in [9.17, 15) is 9.18 Å². The Morgan fingerprint density at radius 3 is 2.67 bits per heavy atom. The lowest BCUT2D eigenvalue weighted by Crippen LogP contribution is -2.48. The summed E-state index contributed by atoms with van der Waals surface area (Å²) in [5.74, 6) is 0.128. The first kappa shape index (κ1) is 21.0. The van der Waals surface area contributed by atoms with E-state index in [1.165, 1.54) is 19.2 Å². The molecule has 1 aliphatic rings. The van der Waals surface area contributed by atoms with Crippen molar-refractivity contribution in [2.45, 2.75) is 13.0 Å². The predicted octanol–water partition coefficient (Wildman–Crippen LogP) is 3.28. The number of hydrogen-bond donors (Lipinski definition) is 2. The molecule has 0 aliphatic carbocycles. The summed E-state index contributed by atoms with van der Waals surface area (Å²) in [7, 11) is 1.53. The van der Waals surface area contributed by atoms with Crippen molar-refractivity contribution < 1.29 is 23.4 Å². The topological polar surface area (TPSA) is 68.8 Å². The summed E-state index contributed by atoms with van der Waals surface area (Å²) >= 11 is 0. The van der Waals surface area contributed by atoms with Gasteiger partial charge in [0.05, 0.1) is 20.3 Å². The summed E-state index contributed by atoms with van der Waals surface area (Å²) in [4.78, 5) is 12.1. The number of anilines is 1. The van der Waals surface area contributed by atoms with E-state index in [-0.39, 0.29) is 24.1 Å². The molecule has 2 aromatic carbocycles. The third-order valence-electron chi connectivity index (χ3n) is 3.98. The molecule has 1 saturated heterocycles. The van der Waals surface area contributed by atoms with Gasteiger partial charge in [0, 0.05) is 18.3 Å². The number of hydrogen-bond acceptors (Lipinski definition) is 5. The highest BCUT2D eigenvalue weighted by Gasteiger charge is 2.21. The highest BCUT2D eigenvalue weighted by molar-refractivity contribution is 5.95. The van der Waals surface area contributed by atoms with Crippen LogP contribution in [0.4, 0.5) is 10.1 Å². The maximum atomic E-state index is 14.4. The van der Waals surface area contributed by atoms with Crippen molar-refractivity contribution in [2.24, 2.45) is 0 Å². The molecule has 1 unspecified atom stereocenters. The number of aryl methyl sites for hydroxylation is 1. The molecule has 27 heavy (non-hydrogen) atoms. The van der Waals surface area contributed by atoms with Crippen molar-refractivity contribution in [3.63, 3.8) is 0 Å². The smallest absolute Gasteiger partial charge is 0.243 e. The van der Waals surface area contributed by atoms with Crippen LogP contribution in [0.25, 0.3) is 0 Å². The molecule has 8 heteroatoms. The second-order valence-corrected chi connectivity index (χ2v) is 5.97. The molecule has 146 valence electrons. The Hall–Kier alpha value is -2.35. The minimum Gasteiger partial charge on any atom is -0.493 e. The average Bonchev–Trinajstić information content (AvgIpc) is 2.65. The Balaban J connectivity index is 0.00000261. The van der Waals surface area contributed by atoms with E-state index in [0.29, 0.717) is 36.9 Å². The number of nitrogens with one attached hydrogen (secondary N) is 2. The molecule has 0 radical (unpaired) electrons. The van der Waals surface area contributed by atoms with E-state index < -0.39 is 11.9 Å². The molecule has 0 aromatic heterocycles. The first-order valence-electron chi connectivity index (χ1n) is 8.31. The van der Waals surface area contributed by atoms with E-state index >= 15 is 0 Å². The number of morpholine rings is 1. The third kappa shape index (κ3) is 5.32. The molecule has 1 aliphatic heterocycles. The van der Waals surface area contributed by atoms with Crippen molar-refractivity contribution in [3.8, 4) is 17.2 Å². The number of methoxy groups -OCH3 is 1. The van der Waals surface area contributed by atoms with E-state index in [4.69, 9.17) is 14.2 Å². The van der Waals surface area contributed by atoms with Gasteiger partial charge in [0.2, 0.25) is 5.91 Å². The van der Waals surface area contributed by atoms with Crippen LogP contribution in [0.1, 0.15) is 5.56 Å². The van der Waals surface area contributed by atoms with Gasteiger partial charge in [0.25, 0.3) is 0 Å². The lowest BCUT2D eigenvalue weighted by molar-refractivity contribution is -0.120. The molecule has 1 atom stereocenters. The lowest BCUT2D eigenvalue weighted by Gasteiger charge is -2.23. The summed E-state index contributed by atoms with van der Waals surface area (Å²) < 4.78 is 30.5. The van der Waals surface area contributed by atoms with E-state index in [0.717, 1.165) is 5.56 Å². The fraction of sp³-hybridized carbons (Fsp3) is 0.316. The van der Waals surface area contributed by atoms with Gasteiger partial charge in [-0.2, -0.15) is 0 Å². The van der Waals surface area contributed by atoms with Gasteiger partial charge in [-0.3, -0.25) is 4.79 Å². The van der Waals surface area contributed by atoms with Gasteiger partial charge < -0.3 is 24.8 Å². The Bertz CT molecular complexity index is 797. The van der Waals surface area contributed by atoms with Crippen LogP contribution in [0.15, 0.2) is 36.4 Å². The SMILES string of the molecule is COc1cc(C)ccc1Oc1ccc(NC(=O)C2COCCN2)cc1F.Cl. The lowest BCUT2D eigenvalue weighted by atomic mass is 10.2. The first-order chi connectivity index (χ1) is 12.6. The zero-order valence-electron chi connectivity index (χ0n) is 15.1. The molecule has 3 rings (SSSR count). The van der Waals surface area contributed by atoms with Crippen LogP contribution in [0.2, 0.25) is 0 Å². The van der Waals surface area contributed by atoms with E-state index in [2.05, 4.69) is 10.6 Å². The van der Waals surface area contributed by atoms with Gasteiger partial charge >= 0.3 is 0 Å². The molecule has 2 N–H and O–H groups in total. The summed E-state index contributed by atoms with van der Waals surface area (Å²) in [6, 6.07) is 9.20. The van der Waals surface area contributed by atoms with Gasteiger partial charge in [-0.1, -0.05) is 6.07 Å². The minimum atomic E-state index is -0.585. The molecule has 0 spiro atoms. The quantitative estimate of drug-likeness (QED) is 0.811. The fourth-order valence-corrected chi connectivity index (χ4v) is 2.60. The monoisotopic (exact) mass is 396 g/mol. The predicted molar refractivity (Wildman–Crippen MR) is 103 cm³/mol. The van der Waals surface area contributed by atoms with Gasteiger partial charge in [0.15, 0.2) is 23.1 Å². The van der Waals surface area contributed by atoms with Crippen molar-refractivity contribution >= 4 is 24.0 Å². The number of carbonyl (C=O) groups excluding carboxylic acids is 1. The van der Waals surface area contributed by atoms with Crippen LogP contribution < -0.4 is 20.1 Å². The molecule has 1 fully saturated rings. The largest absolute Gasteiger partial charge is 0.493 e. The molecule has 1 amide bonds. The number of halogens is 2. The summed E-state index contributed by atoms with van der Waals surface area (Å²) in [5, 5.41) is 5.72. The van der Waals surface area contributed by atoms with Crippen LogP contribution in [0.5, 0.6) is 17.2 Å². The number of rotatable bonds is 5. The Kier molecular flexibility index (Phi) is 7.41. The van der Waals surface area contributed by atoms with Crippen LogP contribution in [-0.2, 0) is 9.53 Å². The van der Waals surface area contributed by atoms with Crippen molar-refractivity contribution in [3.05, 3.63) is 47.8 Å². The van der Waals surface area contributed by atoms with Crippen molar-refractivity contribution in [1.82, 2.24) is 5.32 Å². The molecular weight excluding hydrogens is 375 g/mol. The maximum Gasteiger partial charge on any atom is 0.243 e. The number of amides is 1. The second kappa shape index (κ2) is 9.55. The molecule has 1 heterocycles. The van der Waals surface area contributed by atoms with Gasteiger partial charge in [-0.15, -0.1) is 12.4 Å². The van der Waals surface area contributed by atoms with Gasteiger partial charge in [-0.25, -0.2) is 4.39 Å². The molecule has 0 saturated carbocycles. The number of ether oxygens (including phenoxy) is 3. The van der Waals surface area contributed by atoms with Crippen LogP contribution in [0, 0.1) is 12.7 Å². The Morgan fingerprint density at radius 1 is 1.22 bits per heavy atom. The van der Waals surface area contributed by atoms with Crippen molar-refractivity contribution in [2.75, 3.05) is 32.2 Å². The molecular formula is C19H22ClFN2O4. The van der Waals surface area contributed by atoms with E-state index in [1.807, 2.05) is 13.0 Å². The van der Waals surface area contributed by atoms with Gasteiger partial charge in [0.1, 0.15) is 6.04 Å². The standard InChI is InChI=1S/C19H21FN2O4.ClH/c1-12-3-5-17(18(9-12)24-2)26-16-6-4-13(10-14(16)20)22-19(23)15-11-25-8-7-21-15;/h3-6,9-10,15,21H,7-8,11H2,1-2H3,(H,22,23);1H. The first-order valence-corrected chi connectivity index (χ1v) is 8.31. The Labute approximate surface area is 163 Å². The van der Waals surface area contributed by atoms with Crippen LogP contribution in [0.3, 0.4) is 0 Å². The third-order valence-corrected chi connectivity index (χ3v) is 3.98. The normalized spacial score (nSPS) is 16.2. The summed E-state index contributed by atoms with van der Waals surface area (Å²) in [6.07, 6.45) is 0. The second-order valence-electron chi connectivity index (χ2n) is 5.97. The maximum absolute atomic E-state index is 14.4. The zero-order valence-corrected chi connectivity index (χ0v) is 15.9. The van der Waals surface area contributed by atoms with Crippen LogP contribution >= 0.6 is 12.4 Å². The summed E-state index contributed by atoms with van der Waals surface area (Å²) in [5.41, 5.74) is 1.36. The Morgan fingerprint density at radius 2 is 2.00 bits per heavy atom. The molecule has 2 aromatic rings. The minimum absolute atomic E-state index is 0. The van der Waals surface area contributed by atoms with Crippen LogP contribution in [-0.4, -0.2) is 38.8 Å². The highest BCUT2D eigenvalue weighted by atomic mass is 35.5. The zero-order chi connectivity index (χ0) is 18.5. The molecule has 6 nitrogen and oxygen atoms in total. The van der Waals surface area contributed by atoms with Gasteiger partial charge in [-0.05, 0) is 36.8 Å². The number of carbonyl (C=O) groups is 1. The number of benzene rings is 2. The fourth-order valence-electron chi connectivity index (χ4n) is 2.60. The average molecular weight is 397 g/mol. The highest BCUT2D eigenvalue weighted by Crippen LogP contribution is 2.34. The van der Waals surface area contributed by atoms with Crippen molar-refractivity contribution in [1.29, 1.82) is 0 Å². The summed E-state index contributed by atoms with van der Waals surface area (Å²) in [6.45, 7) is 3.41. The van der Waals surface area contributed by atoms with E-state index in [1.54, 1.807) is 18.2 Å².